The molecular formula is C75H82BrN25O10. The minimum absolute atomic E-state index is 0.0449. The fourth-order valence-electron chi connectivity index (χ4n) is 9.54. The van der Waals surface area contributed by atoms with Crippen LogP contribution in [0.2, 0.25) is 0 Å². The molecule has 0 unspecified atom stereocenters. The number of methoxy groups -OCH3 is 3. The molecule has 1 amide bonds. The molecule has 0 atom stereocenters. The van der Waals surface area contributed by atoms with Gasteiger partial charge in [-0.2, -0.15) is 10.1 Å². The van der Waals surface area contributed by atoms with Gasteiger partial charge >= 0.3 is 5.97 Å². The van der Waals surface area contributed by atoms with Crippen LogP contribution < -0.4 is 72.9 Å². The molecule has 0 bridgehead atoms. The summed E-state index contributed by atoms with van der Waals surface area (Å²) in [5, 5.41) is 16.6. The number of rotatable bonds is 21. The third-order valence-electron chi connectivity index (χ3n) is 15.1. The van der Waals surface area contributed by atoms with Crippen LogP contribution in [0.5, 0.6) is 63.6 Å². The number of primary amides is 1. The first kappa shape index (κ1) is 82.5. The van der Waals surface area contributed by atoms with Crippen molar-refractivity contribution in [3.8, 4) is 75.5 Å². The molecule has 574 valence electrons. The van der Waals surface area contributed by atoms with Crippen LogP contribution in [0.3, 0.4) is 0 Å². The molecule has 12 heterocycles. The third kappa shape index (κ3) is 23.2. The number of carboxylic acids is 1. The molecular weight excluding hydrogens is 1490 g/mol. The number of hydrogen-bond acceptors (Lipinski definition) is 32. The summed E-state index contributed by atoms with van der Waals surface area (Å²) in [7, 11) is 4.45. The first-order chi connectivity index (χ1) is 53.0. The van der Waals surface area contributed by atoms with Gasteiger partial charge in [0, 0.05) is 103 Å². The molecule has 36 heteroatoms. The van der Waals surface area contributed by atoms with Gasteiger partial charge in [-0.25, -0.2) is 84.1 Å². The number of carboxylic acid groups (broad SMARTS) is 1. The van der Waals surface area contributed by atoms with E-state index >= 15 is 0 Å². The second-order valence-corrected chi connectivity index (χ2v) is 25.0. The van der Waals surface area contributed by atoms with Crippen LogP contribution in [0, 0.1) is 39.5 Å². The fourth-order valence-corrected chi connectivity index (χ4v) is 9.85. The molecule has 111 heavy (non-hydrogen) atoms. The van der Waals surface area contributed by atoms with Crippen LogP contribution in [0.15, 0.2) is 128 Å². The minimum atomic E-state index is -1.18. The van der Waals surface area contributed by atoms with E-state index in [0.29, 0.717) is 80.5 Å². The van der Waals surface area contributed by atoms with Gasteiger partial charge in [-0.15, -0.1) is 0 Å². The highest BCUT2D eigenvalue weighted by molar-refractivity contribution is 9.10. The smallest absolute Gasteiger partial charge is 0.341 e. The molecule has 0 aromatic carbocycles. The molecule has 0 spiro atoms. The van der Waals surface area contributed by atoms with Gasteiger partial charge in [0.25, 0.3) is 5.91 Å². The second-order valence-electron chi connectivity index (χ2n) is 24.2. The van der Waals surface area contributed by atoms with Crippen LogP contribution >= 0.6 is 15.9 Å². The van der Waals surface area contributed by atoms with Crippen LogP contribution in [0.1, 0.15) is 143 Å². The number of carbonyl (C=O) groups is 2. The maximum Gasteiger partial charge on any atom is 0.341 e. The summed E-state index contributed by atoms with van der Waals surface area (Å²) in [6, 6.07) is 12.0. The number of nitrogens with one attached hydrogen (secondary N) is 1. The summed E-state index contributed by atoms with van der Waals surface area (Å²) in [5.74, 6) is 12.8. The normalized spacial score (nSPS) is 10.5. The zero-order valence-corrected chi connectivity index (χ0v) is 64.6. The molecule has 12 rings (SSSR count). The van der Waals surface area contributed by atoms with Gasteiger partial charge in [-0.05, 0) is 109 Å². The van der Waals surface area contributed by atoms with E-state index in [2.05, 4.69) is 159 Å². The third-order valence-corrected chi connectivity index (χ3v) is 15.6. The Morgan fingerprint density at radius 2 is 1.03 bits per heavy atom. The molecule has 35 nitrogen and oxygen atoms in total. The number of amides is 1. The highest BCUT2D eigenvalue weighted by atomic mass is 79.9. The highest BCUT2D eigenvalue weighted by Crippen LogP contribution is 2.37. The molecule has 0 saturated carbocycles. The predicted octanol–water partition coefficient (Wildman–Crippen LogP) is 11.4. The topological polar surface area (TPSA) is 511 Å². The number of hydrogen-bond donors (Lipinski definition) is 8. The van der Waals surface area contributed by atoms with Crippen LogP contribution in [0.4, 0.5) is 35.0 Å². The van der Waals surface area contributed by atoms with Crippen molar-refractivity contribution in [2.24, 2.45) is 5.73 Å². The van der Waals surface area contributed by atoms with Crippen molar-refractivity contribution in [2.75, 3.05) is 61.9 Å². The van der Waals surface area contributed by atoms with E-state index < -0.39 is 11.9 Å². The minimum Gasteiger partial charge on any atom is -0.481 e. The SMILES string of the molecule is C=C(C)c1cnc(OC)cc1Cc1cnc(C)nc1N.CCCNc1nc(N)ncc1Oc1cc(Br)ncc1C(C)C.COc1cc(Oc2cnc(C)nc2N)c(C(=O)O)cn1.COc1cc(Oc2cnc(C)nc2N)c(C(N)=O)cn1.Cc1ncc(Oc2cc(C#Cc3cnc4cccnn34)ncc2C(C)C)c(N)n1. The van der Waals surface area contributed by atoms with Gasteiger partial charge in [-0.1, -0.05) is 41.2 Å². The van der Waals surface area contributed by atoms with Crippen molar-refractivity contribution in [2.45, 2.75) is 93.9 Å². The largest absolute Gasteiger partial charge is 0.481 e. The van der Waals surface area contributed by atoms with Crippen LogP contribution in [-0.2, 0) is 6.42 Å². The van der Waals surface area contributed by atoms with Gasteiger partial charge in [-0.3, -0.25) is 4.79 Å². The Morgan fingerprint density at radius 1 is 0.541 bits per heavy atom. The lowest BCUT2D eigenvalue weighted by molar-refractivity contribution is 0.0693. The number of ether oxygens (including phenoxy) is 7. The lowest BCUT2D eigenvalue weighted by atomic mass is 9.99. The molecule has 0 fully saturated rings. The standard InChI is InChI=1S/C21H19N7O.C15H20BrN5O.C15H18N4O.C12H13N5O3.C12H12N4O4/c1-13(2)17-11-24-15(6-7-16-10-25-20-5-4-8-26-28(16)20)9-18(17)29-19-12-23-14(3)27-21(19)22;1-4-5-18-14-12(8-20-15(17)21-14)22-11-6-13(16)19-7-10(11)9(2)3;1-9(2)13-8-18-14(20-4)6-11(13)5-12-7-17-10(3)19-15(12)16;1-6-15-5-9(11(13)17-6)20-8-3-10(19-2)16-4-7(8)12(14)18;1-6-14-5-9(11(13)16-6)20-8-3-10(19-2)15-4-7(8)12(17)18/h4-5,8-13H,1-3H3,(H2,22,23,27);6-9H,4-5H2,1-3H3,(H3,17,18,20,21);6-8H,1,5H2,2-4H3,(H2,16,17,19);3-5H,1-2H3,(H2,14,18)(H2,13,15,17);3-5H,1-2H3,(H,17,18)(H2,13,14,16). The average molecular weight is 1570 g/mol. The predicted molar refractivity (Wildman–Crippen MR) is 419 cm³/mol. The Labute approximate surface area is 646 Å². The van der Waals surface area contributed by atoms with Gasteiger partial charge in [0.15, 0.2) is 51.9 Å². The number of carbonyl (C=O) groups excluding carboxylic acids is 1. The number of aromatic nitrogens is 18. The highest BCUT2D eigenvalue weighted by Gasteiger charge is 2.21. The number of imidazole rings is 1. The summed E-state index contributed by atoms with van der Waals surface area (Å²) in [6.45, 7) is 24.1. The number of halogens is 1. The van der Waals surface area contributed by atoms with E-state index in [1.807, 2.05) is 38.1 Å². The number of aromatic carboxylic acids is 1. The van der Waals surface area contributed by atoms with Crippen molar-refractivity contribution >= 4 is 74.1 Å². The number of nitrogens with zero attached hydrogens (tertiary/aromatic N) is 18. The van der Waals surface area contributed by atoms with Crippen molar-refractivity contribution < 1.29 is 47.9 Å². The molecule has 0 aliphatic heterocycles. The number of fused-ring (bicyclic) bond motifs is 1. The van der Waals surface area contributed by atoms with E-state index in [4.69, 9.17) is 72.7 Å². The zero-order chi connectivity index (χ0) is 80.6. The van der Waals surface area contributed by atoms with Crippen LogP contribution in [-0.4, -0.2) is 134 Å². The van der Waals surface area contributed by atoms with Gasteiger partial charge in [0.1, 0.15) is 79.2 Å². The molecule has 0 aliphatic carbocycles. The van der Waals surface area contributed by atoms with E-state index in [-0.39, 0.29) is 81.1 Å². The van der Waals surface area contributed by atoms with Crippen molar-refractivity contribution in [3.05, 3.63) is 202 Å². The molecule has 0 aliphatic rings. The molecule has 0 saturated heterocycles. The Kier molecular flexibility index (Phi) is 29.0. The quantitative estimate of drug-likeness (QED) is 0.0245. The number of allylic oxidation sites excluding steroid dienone is 1. The summed E-state index contributed by atoms with van der Waals surface area (Å²) in [5.41, 5.74) is 42.0. The maximum atomic E-state index is 11.3. The van der Waals surface area contributed by atoms with Crippen molar-refractivity contribution in [1.82, 2.24) is 89.4 Å². The van der Waals surface area contributed by atoms with E-state index in [0.717, 1.165) is 63.9 Å². The Bertz CT molecular complexity index is 5100. The van der Waals surface area contributed by atoms with E-state index in [1.165, 1.54) is 44.9 Å². The van der Waals surface area contributed by atoms with Gasteiger partial charge in [0.05, 0.1) is 52.3 Å². The second kappa shape index (κ2) is 38.9. The van der Waals surface area contributed by atoms with Gasteiger partial charge < -0.3 is 78.0 Å². The Morgan fingerprint density at radius 3 is 1.54 bits per heavy atom. The van der Waals surface area contributed by atoms with Crippen molar-refractivity contribution in [3.63, 3.8) is 0 Å². The Hall–Kier alpha value is -14.1. The van der Waals surface area contributed by atoms with Gasteiger partial charge in [0.2, 0.25) is 23.6 Å². The van der Waals surface area contributed by atoms with Crippen LogP contribution in [0.25, 0.3) is 11.2 Å². The number of aryl methyl sites for hydroxylation is 4. The summed E-state index contributed by atoms with van der Waals surface area (Å²) in [6.07, 6.45) is 20.4. The Balaban J connectivity index is 0.000000176. The maximum absolute atomic E-state index is 11.3. The first-order valence-corrected chi connectivity index (χ1v) is 34.5. The number of nitrogen functional groups attached to an aromatic ring is 5. The van der Waals surface area contributed by atoms with Crippen molar-refractivity contribution in [1.29, 1.82) is 0 Å². The molecule has 12 aromatic heterocycles. The first-order valence-electron chi connectivity index (χ1n) is 33.7. The van der Waals surface area contributed by atoms with E-state index in [1.54, 1.807) is 88.0 Å². The zero-order valence-electron chi connectivity index (χ0n) is 63.0. The molecule has 0 radical (unpaired) electrons. The average Bonchev–Trinajstić information content (AvgIpc) is 1.78. The van der Waals surface area contributed by atoms with E-state index in [9.17, 15) is 9.59 Å². The number of anilines is 6. The fraction of sp³-hybridized carbons (Fsp3) is 0.240. The summed E-state index contributed by atoms with van der Waals surface area (Å²) >= 11 is 3.37. The molecule has 14 N–H and O–H groups in total. The lowest BCUT2D eigenvalue weighted by Gasteiger charge is -2.16. The summed E-state index contributed by atoms with van der Waals surface area (Å²) < 4.78 is 40.5. The number of nitrogens with two attached hydrogens (primary N) is 6. The number of pyridine rings is 5. The lowest BCUT2D eigenvalue weighted by Crippen LogP contribution is -2.13. The summed E-state index contributed by atoms with van der Waals surface area (Å²) in [4.78, 5) is 88.1. The monoisotopic (exact) mass is 1570 g/mol. The molecule has 12 aromatic rings.